The van der Waals surface area contributed by atoms with Crippen LogP contribution in [0.4, 0.5) is 26.3 Å². The highest BCUT2D eigenvalue weighted by molar-refractivity contribution is 5.85. The number of nitrogens with one attached hydrogen (secondary N) is 2. The minimum absolute atomic E-state index is 0.0981. The molecule has 1 rings (SSSR count). The van der Waals surface area contributed by atoms with Crippen LogP contribution >= 0.6 is 0 Å². The van der Waals surface area contributed by atoms with Crippen molar-refractivity contribution < 1.29 is 50.9 Å². The molecule has 1 aliphatic heterocycles. The van der Waals surface area contributed by atoms with Gasteiger partial charge in [0.15, 0.2) is 0 Å². The van der Waals surface area contributed by atoms with E-state index in [4.69, 9.17) is 25.5 Å². The molecule has 33 heavy (non-hydrogen) atoms. The van der Waals surface area contributed by atoms with Gasteiger partial charge in [-0.1, -0.05) is 19.8 Å². The molecule has 0 saturated carbocycles. The largest absolute Gasteiger partial charge is 0.490 e. The standard InChI is InChI=1S/C14H30N4O.2C2HF3O2/c1-4-5-6-12(11-15)17-13(19)14(2,3)18-9-7-16-8-10-18;2*3-2(4,5)1(6)7/h12,16H,4-11,15H2,1-3H3,(H,17,19);2*(H,6,7). The molecule has 0 aromatic heterocycles. The number of aliphatic carboxylic acids is 2. The average molecular weight is 498 g/mol. The fourth-order valence-corrected chi connectivity index (χ4v) is 2.43. The lowest BCUT2D eigenvalue weighted by molar-refractivity contribution is -0.193. The summed E-state index contributed by atoms with van der Waals surface area (Å²) in [5.41, 5.74) is 5.29. The molecule has 1 atom stereocenters. The van der Waals surface area contributed by atoms with Crippen molar-refractivity contribution in [2.24, 2.45) is 5.73 Å². The maximum Gasteiger partial charge on any atom is 0.490 e. The minimum Gasteiger partial charge on any atom is -0.475 e. The zero-order valence-electron chi connectivity index (χ0n) is 18.6. The summed E-state index contributed by atoms with van der Waals surface area (Å²) >= 11 is 0. The van der Waals surface area contributed by atoms with Crippen LogP contribution in [0.2, 0.25) is 0 Å². The van der Waals surface area contributed by atoms with Crippen molar-refractivity contribution >= 4 is 17.8 Å². The second-order valence-electron chi connectivity index (χ2n) is 7.45. The maximum atomic E-state index is 12.5. The zero-order chi connectivity index (χ0) is 26.5. The van der Waals surface area contributed by atoms with E-state index in [1.807, 2.05) is 13.8 Å². The van der Waals surface area contributed by atoms with Gasteiger partial charge in [-0.05, 0) is 20.3 Å². The Hall–Kier alpha value is -2.13. The van der Waals surface area contributed by atoms with Gasteiger partial charge in [0, 0.05) is 38.8 Å². The van der Waals surface area contributed by atoms with Crippen LogP contribution in [0.5, 0.6) is 0 Å². The monoisotopic (exact) mass is 498 g/mol. The fraction of sp³-hybridized carbons (Fsp3) is 0.833. The van der Waals surface area contributed by atoms with Crippen molar-refractivity contribution in [2.45, 2.75) is 64.0 Å². The van der Waals surface area contributed by atoms with Crippen molar-refractivity contribution in [3.05, 3.63) is 0 Å². The molecule has 0 aliphatic carbocycles. The first kappa shape index (κ1) is 33.0. The molecule has 1 saturated heterocycles. The Balaban J connectivity index is 0. The van der Waals surface area contributed by atoms with E-state index in [1.54, 1.807) is 0 Å². The molecule has 0 bridgehead atoms. The Morgan fingerprint density at radius 3 is 1.70 bits per heavy atom. The lowest BCUT2D eigenvalue weighted by atomic mass is 9.99. The van der Waals surface area contributed by atoms with E-state index in [2.05, 4.69) is 22.5 Å². The summed E-state index contributed by atoms with van der Waals surface area (Å²) in [7, 11) is 0. The third-order valence-corrected chi connectivity index (χ3v) is 4.47. The number of carboxylic acid groups (broad SMARTS) is 2. The van der Waals surface area contributed by atoms with Crippen LogP contribution in [-0.2, 0) is 14.4 Å². The Labute approximate surface area is 187 Å². The Kier molecular flexibility index (Phi) is 14.9. The second kappa shape index (κ2) is 14.9. The lowest BCUT2D eigenvalue weighted by Crippen LogP contribution is -2.61. The zero-order valence-corrected chi connectivity index (χ0v) is 18.6. The predicted molar refractivity (Wildman–Crippen MR) is 106 cm³/mol. The van der Waals surface area contributed by atoms with Gasteiger partial charge in [-0.15, -0.1) is 0 Å². The highest BCUT2D eigenvalue weighted by atomic mass is 19.4. The molecule has 1 unspecified atom stereocenters. The number of piperazine rings is 1. The number of amides is 1. The smallest absolute Gasteiger partial charge is 0.475 e. The predicted octanol–water partition coefficient (Wildman–Crippen LogP) is 1.57. The molecule has 1 heterocycles. The molecule has 15 heteroatoms. The number of hydrogen-bond acceptors (Lipinski definition) is 6. The van der Waals surface area contributed by atoms with E-state index in [-0.39, 0.29) is 11.9 Å². The number of halogens is 6. The van der Waals surface area contributed by atoms with Gasteiger partial charge in [-0.25, -0.2) is 9.59 Å². The van der Waals surface area contributed by atoms with E-state index >= 15 is 0 Å². The third-order valence-electron chi connectivity index (χ3n) is 4.47. The normalized spacial score (nSPS) is 15.8. The number of nitrogens with two attached hydrogens (primary N) is 1. The molecule has 0 radical (unpaired) electrons. The maximum absolute atomic E-state index is 12.5. The van der Waals surface area contributed by atoms with Gasteiger partial charge in [0.25, 0.3) is 0 Å². The molecule has 0 aromatic rings. The van der Waals surface area contributed by atoms with Crippen LogP contribution in [-0.4, -0.2) is 89.6 Å². The Morgan fingerprint density at radius 1 is 1.00 bits per heavy atom. The first-order chi connectivity index (χ1) is 14.9. The highest BCUT2D eigenvalue weighted by Crippen LogP contribution is 2.16. The number of rotatable bonds is 7. The topological polar surface area (TPSA) is 145 Å². The van der Waals surface area contributed by atoms with Crippen LogP contribution in [0, 0.1) is 0 Å². The van der Waals surface area contributed by atoms with E-state index in [0.717, 1.165) is 45.4 Å². The molecule has 1 aliphatic rings. The summed E-state index contributed by atoms with van der Waals surface area (Å²) in [4.78, 5) is 32.5. The number of unbranched alkanes of at least 4 members (excludes halogenated alkanes) is 1. The van der Waals surface area contributed by atoms with Gasteiger partial charge < -0.3 is 26.6 Å². The van der Waals surface area contributed by atoms with Gasteiger partial charge in [0.1, 0.15) is 0 Å². The molecule has 1 amide bonds. The average Bonchev–Trinajstić information content (AvgIpc) is 2.71. The lowest BCUT2D eigenvalue weighted by Gasteiger charge is -2.40. The number of alkyl halides is 6. The van der Waals surface area contributed by atoms with Gasteiger partial charge in [-0.3, -0.25) is 9.69 Å². The Bertz CT molecular complexity index is 584. The number of hydrogen-bond donors (Lipinski definition) is 5. The van der Waals surface area contributed by atoms with Gasteiger partial charge in [0.05, 0.1) is 5.54 Å². The number of carbonyl (C=O) groups excluding carboxylic acids is 1. The molecule has 9 nitrogen and oxygen atoms in total. The quantitative estimate of drug-likeness (QED) is 0.333. The van der Waals surface area contributed by atoms with Crippen molar-refractivity contribution in [2.75, 3.05) is 32.7 Å². The second-order valence-corrected chi connectivity index (χ2v) is 7.45. The van der Waals surface area contributed by atoms with E-state index in [1.165, 1.54) is 0 Å². The molecular formula is C18H32F6N4O5. The van der Waals surface area contributed by atoms with Crippen LogP contribution in [0.1, 0.15) is 40.0 Å². The van der Waals surface area contributed by atoms with Crippen LogP contribution < -0.4 is 16.4 Å². The van der Waals surface area contributed by atoms with Crippen LogP contribution in [0.3, 0.4) is 0 Å². The number of nitrogens with zero attached hydrogens (tertiary/aromatic N) is 1. The highest BCUT2D eigenvalue weighted by Gasteiger charge is 2.39. The first-order valence-corrected chi connectivity index (χ1v) is 9.98. The molecule has 0 aromatic carbocycles. The summed E-state index contributed by atoms with van der Waals surface area (Å²) in [5, 5.41) is 20.7. The summed E-state index contributed by atoms with van der Waals surface area (Å²) < 4.78 is 63.5. The molecule has 0 spiro atoms. The Morgan fingerprint density at radius 2 is 1.39 bits per heavy atom. The van der Waals surface area contributed by atoms with Gasteiger partial charge >= 0.3 is 24.3 Å². The first-order valence-electron chi connectivity index (χ1n) is 9.98. The van der Waals surface area contributed by atoms with Crippen molar-refractivity contribution in [3.8, 4) is 0 Å². The van der Waals surface area contributed by atoms with E-state index in [0.29, 0.717) is 6.54 Å². The van der Waals surface area contributed by atoms with Crippen LogP contribution in [0.25, 0.3) is 0 Å². The van der Waals surface area contributed by atoms with Gasteiger partial charge in [0.2, 0.25) is 5.91 Å². The van der Waals surface area contributed by atoms with Crippen molar-refractivity contribution in [3.63, 3.8) is 0 Å². The summed E-state index contributed by atoms with van der Waals surface area (Å²) in [6.45, 7) is 10.4. The van der Waals surface area contributed by atoms with E-state index in [9.17, 15) is 31.1 Å². The minimum atomic E-state index is -5.08. The molecule has 6 N–H and O–H groups in total. The number of carbonyl (C=O) groups is 3. The molecular weight excluding hydrogens is 466 g/mol. The molecule has 196 valence electrons. The summed E-state index contributed by atoms with van der Waals surface area (Å²) in [5.74, 6) is -5.42. The SMILES string of the molecule is CCCCC(CN)NC(=O)C(C)(C)N1CCNCC1.O=C(O)C(F)(F)F.O=C(O)C(F)(F)F. The van der Waals surface area contributed by atoms with Gasteiger partial charge in [-0.2, -0.15) is 26.3 Å². The molecule has 1 fully saturated rings. The number of carboxylic acids is 2. The van der Waals surface area contributed by atoms with E-state index < -0.39 is 29.8 Å². The fourth-order valence-electron chi connectivity index (χ4n) is 2.43. The third kappa shape index (κ3) is 14.6. The van der Waals surface area contributed by atoms with Crippen molar-refractivity contribution in [1.29, 1.82) is 0 Å². The van der Waals surface area contributed by atoms with Crippen molar-refractivity contribution in [1.82, 2.24) is 15.5 Å². The summed E-state index contributed by atoms with van der Waals surface area (Å²) in [6.07, 6.45) is -6.96. The van der Waals surface area contributed by atoms with Crippen LogP contribution in [0.15, 0.2) is 0 Å². The summed E-state index contributed by atoms with van der Waals surface area (Å²) in [6, 6.07) is 0.106.